The van der Waals surface area contributed by atoms with Gasteiger partial charge >= 0.3 is 0 Å². The third-order valence-corrected chi connectivity index (χ3v) is 8.39. The number of aliphatic hydroxyl groups excluding tert-OH is 3. The predicted molar refractivity (Wildman–Crippen MR) is 141 cm³/mol. The van der Waals surface area contributed by atoms with Crippen molar-refractivity contribution in [2.75, 3.05) is 19.8 Å². The van der Waals surface area contributed by atoms with Crippen LogP contribution in [0, 0.1) is 23.7 Å². The number of β-amino-alcohol motifs (C(OH)–C–C–N with tert-alkyl or cyclic N) is 1. The first kappa shape index (κ1) is 29.3. The maximum Gasteiger partial charge on any atom is 0.263 e. The van der Waals surface area contributed by atoms with Crippen LogP contribution < -0.4 is 0 Å². The highest BCUT2D eigenvalue weighted by Gasteiger charge is 2.51. The Balaban J connectivity index is 1.84. The van der Waals surface area contributed by atoms with Crippen LogP contribution in [-0.2, 0) is 16.1 Å². The first-order valence-corrected chi connectivity index (χ1v) is 13.3. The highest BCUT2D eigenvalue weighted by molar-refractivity contribution is 7.13. The van der Waals surface area contributed by atoms with Crippen LogP contribution >= 0.6 is 11.3 Å². The summed E-state index contributed by atoms with van der Waals surface area (Å²) in [6, 6.07) is 6.09. The zero-order valence-corrected chi connectivity index (χ0v) is 23.0. The number of likely N-dealkylation sites (tertiary alicyclic amines) is 1. The monoisotopic (exact) mass is 533 g/mol. The molecule has 204 valence electrons. The van der Waals surface area contributed by atoms with E-state index in [0.717, 1.165) is 28.0 Å². The molecule has 1 aromatic heterocycles. The number of carbonyl (C=O) groups is 2. The summed E-state index contributed by atoms with van der Waals surface area (Å²) in [5.41, 5.74) is 2.80. The maximum absolute atomic E-state index is 13.5. The lowest BCUT2D eigenvalue weighted by atomic mass is 9.67. The van der Waals surface area contributed by atoms with Gasteiger partial charge in [-0.05, 0) is 29.9 Å². The van der Waals surface area contributed by atoms with Crippen LogP contribution in [0.4, 0.5) is 0 Å². The lowest BCUT2D eigenvalue weighted by Crippen LogP contribution is -2.59. The Morgan fingerprint density at radius 2 is 1.84 bits per heavy atom. The van der Waals surface area contributed by atoms with E-state index < -0.39 is 54.1 Å². The zero-order chi connectivity index (χ0) is 27.5. The van der Waals surface area contributed by atoms with E-state index in [9.17, 15) is 30.1 Å². The molecule has 1 saturated heterocycles. The summed E-state index contributed by atoms with van der Waals surface area (Å²) < 4.78 is 0. The van der Waals surface area contributed by atoms with Crippen LogP contribution in [-0.4, -0.2) is 85.6 Å². The summed E-state index contributed by atoms with van der Waals surface area (Å²) in [5, 5.41) is 42.0. The van der Waals surface area contributed by atoms with Gasteiger partial charge < -0.3 is 20.1 Å². The number of aryl methyl sites for hydroxylation is 1. The van der Waals surface area contributed by atoms with Crippen LogP contribution in [0.15, 0.2) is 29.8 Å². The topological polar surface area (TPSA) is 134 Å². The smallest absolute Gasteiger partial charge is 0.263 e. The number of amides is 1. The van der Waals surface area contributed by atoms with E-state index in [-0.39, 0.29) is 19.5 Å². The lowest BCUT2D eigenvalue weighted by Gasteiger charge is -2.48. The summed E-state index contributed by atoms with van der Waals surface area (Å²) in [4.78, 5) is 32.9. The summed E-state index contributed by atoms with van der Waals surface area (Å²) in [6.45, 7) is 8.57. The molecule has 1 aromatic carbocycles. The summed E-state index contributed by atoms with van der Waals surface area (Å²) in [5.74, 6) is -1.40. The first-order chi connectivity index (χ1) is 17.4. The van der Waals surface area contributed by atoms with Gasteiger partial charge in [-0.15, -0.1) is 11.3 Å². The Morgan fingerprint density at radius 3 is 2.32 bits per heavy atom. The molecule has 2 unspecified atom stereocenters. The molecule has 9 nitrogen and oxygen atoms in total. The molecule has 0 saturated carbocycles. The van der Waals surface area contributed by atoms with E-state index >= 15 is 0 Å². The number of aliphatic hydroxyl groups is 3. The van der Waals surface area contributed by atoms with Crippen molar-refractivity contribution in [1.82, 2.24) is 14.9 Å². The van der Waals surface area contributed by atoms with E-state index in [1.54, 1.807) is 28.7 Å². The van der Waals surface area contributed by atoms with Gasteiger partial charge in [0.15, 0.2) is 0 Å². The molecule has 1 aliphatic heterocycles. The summed E-state index contributed by atoms with van der Waals surface area (Å²) in [7, 11) is 0. The van der Waals surface area contributed by atoms with Crippen molar-refractivity contribution < 1.29 is 30.1 Å². The largest absolute Gasteiger partial charge is 0.396 e. The quantitative estimate of drug-likeness (QED) is 0.208. The van der Waals surface area contributed by atoms with Gasteiger partial charge in [0.25, 0.3) is 5.91 Å². The second kappa shape index (κ2) is 11.7. The Kier molecular flexibility index (Phi) is 9.26. The van der Waals surface area contributed by atoms with E-state index in [4.69, 9.17) is 0 Å². The van der Waals surface area contributed by atoms with Crippen molar-refractivity contribution in [3.63, 3.8) is 0 Å². The lowest BCUT2D eigenvalue weighted by molar-refractivity contribution is -0.176. The molecule has 0 radical (unpaired) electrons. The van der Waals surface area contributed by atoms with Crippen LogP contribution in [0.2, 0.25) is 0 Å². The highest BCUT2D eigenvalue weighted by atomic mass is 32.1. The van der Waals surface area contributed by atoms with Gasteiger partial charge in [-0.1, -0.05) is 52.0 Å². The van der Waals surface area contributed by atoms with Gasteiger partial charge in [-0.25, -0.2) is 10.0 Å². The molecule has 0 spiro atoms. The van der Waals surface area contributed by atoms with Crippen molar-refractivity contribution >= 4 is 23.5 Å². The standard InChI is InChI=1S/C27H39N3O6S/c1-17-23(37-16-28-17)19-8-6-18(7-9-19)11-30(36)25(35)22-10-20(34)12-29(22)24(26(2,3)4)21(13-31)27(5,14-32)15-33/h6-9,13,16,20-22,24,32-34,36H,10-12,14-15H2,1-5H3/t20-,21?,22-,24?/m1/s1. The van der Waals surface area contributed by atoms with E-state index in [2.05, 4.69) is 4.98 Å². The molecule has 3 rings (SSSR count). The van der Waals surface area contributed by atoms with Gasteiger partial charge in [-0.2, -0.15) is 0 Å². The van der Waals surface area contributed by atoms with E-state index in [1.165, 1.54) is 0 Å². The fourth-order valence-electron chi connectivity index (χ4n) is 5.27. The van der Waals surface area contributed by atoms with Gasteiger partial charge in [-0.3, -0.25) is 14.9 Å². The Labute approximate surface area is 222 Å². The number of nitrogens with zero attached hydrogens (tertiary/aromatic N) is 3. The van der Waals surface area contributed by atoms with E-state index in [0.29, 0.717) is 5.06 Å². The normalized spacial score (nSPS) is 20.6. The van der Waals surface area contributed by atoms with Crippen molar-refractivity contribution in [1.29, 1.82) is 0 Å². The minimum atomic E-state index is -1.13. The number of aldehydes is 1. The molecule has 2 heterocycles. The van der Waals surface area contributed by atoms with E-state index in [1.807, 2.05) is 52.0 Å². The van der Waals surface area contributed by atoms with Crippen LogP contribution in [0.25, 0.3) is 10.4 Å². The van der Waals surface area contributed by atoms with Gasteiger partial charge in [0, 0.05) is 23.9 Å². The number of thiazole rings is 1. The van der Waals surface area contributed by atoms with Gasteiger partial charge in [0.2, 0.25) is 0 Å². The number of hydrogen-bond donors (Lipinski definition) is 4. The Morgan fingerprint density at radius 1 is 1.22 bits per heavy atom. The van der Waals surface area contributed by atoms with Crippen molar-refractivity contribution in [2.24, 2.45) is 16.7 Å². The van der Waals surface area contributed by atoms with Gasteiger partial charge in [0.05, 0.1) is 48.0 Å². The minimum absolute atomic E-state index is 0.0382. The first-order valence-electron chi connectivity index (χ1n) is 12.5. The number of rotatable bonds is 10. The molecule has 0 bridgehead atoms. The molecule has 4 atom stereocenters. The number of carbonyl (C=O) groups excluding carboxylic acids is 2. The summed E-state index contributed by atoms with van der Waals surface area (Å²) in [6.07, 6.45) is 0.000504. The molecule has 1 aliphatic rings. The van der Waals surface area contributed by atoms with Crippen LogP contribution in [0.5, 0.6) is 0 Å². The molecule has 4 N–H and O–H groups in total. The molecule has 37 heavy (non-hydrogen) atoms. The van der Waals surface area contributed by atoms with Crippen molar-refractivity contribution in [2.45, 2.75) is 65.8 Å². The third-order valence-electron chi connectivity index (χ3n) is 7.41. The number of aromatic nitrogens is 1. The molecule has 1 amide bonds. The minimum Gasteiger partial charge on any atom is -0.396 e. The highest BCUT2D eigenvalue weighted by Crippen LogP contribution is 2.42. The third kappa shape index (κ3) is 6.27. The second-order valence-corrected chi connectivity index (χ2v) is 12.3. The average Bonchev–Trinajstić information content (AvgIpc) is 3.46. The van der Waals surface area contributed by atoms with Crippen LogP contribution in [0.3, 0.4) is 0 Å². The molecular formula is C27H39N3O6S. The van der Waals surface area contributed by atoms with Crippen molar-refractivity contribution in [3.05, 3.63) is 41.0 Å². The Bertz CT molecular complexity index is 1060. The zero-order valence-electron chi connectivity index (χ0n) is 22.2. The molecule has 1 fully saturated rings. The number of hydrogen-bond acceptors (Lipinski definition) is 9. The molecule has 0 aliphatic carbocycles. The molecule has 10 heteroatoms. The molecular weight excluding hydrogens is 494 g/mol. The van der Waals surface area contributed by atoms with Gasteiger partial charge in [0.1, 0.15) is 6.29 Å². The fourth-order valence-corrected chi connectivity index (χ4v) is 6.09. The number of benzene rings is 1. The SMILES string of the molecule is Cc1ncsc1-c1ccc(CN(O)C(=O)[C@H]2C[C@@H](O)CN2C(C(C=O)C(C)(CO)CO)C(C)(C)C)cc1. The maximum atomic E-state index is 13.5. The predicted octanol–water partition coefficient (Wildman–Crippen LogP) is 2.49. The second-order valence-electron chi connectivity index (χ2n) is 11.4. The van der Waals surface area contributed by atoms with Crippen molar-refractivity contribution in [3.8, 4) is 10.4 Å². The Hall–Kier alpha value is -2.21. The average molecular weight is 534 g/mol. The van der Waals surface area contributed by atoms with Crippen LogP contribution in [0.1, 0.15) is 45.4 Å². The number of hydroxylamine groups is 2. The fraction of sp³-hybridized carbons (Fsp3) is 0.593. The molecule has 2 aromatic rings. The summed E-state index contributed by atoms with van der Waals surface area (Å²) >= 11 is 1.55.